The molecule has 1 unspecified atom stereocenters. The van der Waals surface area contributed by atoms with Gasteiger partial charge in [0.05, 0.1) is 5.25 Å². The van der Waals surface area contributed by atoms with Gasteiger partial charge in [0, 0.05) is 31.9 Å². The Morgan fingerprint density at radius 3 is 2.77 bits per heavy atom. The van der Waals surface area contributed by atoms with E-state index in [1.807, 2.05) is 4.90 Å². The summed E-state index contributed by atoms with van der Waals surface area (Å²) in [6.07, 6.45) is 2.38. The summed E-state index contributed by atoms with van der Waals surface area (Å²) in [6, 6.07) is 0. The number of hydrogen-bond donors (Lipinski definition) is 1. The van der Waals surface area contributed by atoms with Gasteiger partial charge >= 0.3 is 0 Å². The third-order valence-corrected chi connectivity index (χ3v) is 3.83. The van der Waals surface area contributed by atoms with Gasteiger partial charge in [0.2, 0.25) is 5.91 Å². The lowest BCUT2D eigenvalue weighted by molar-refractivity contribution is -0.129. The first-order chi connectivity index (χ1) is 6.38. The molecular weight excluding hydrogens is 184 g/mol. The van der Waals surface area contributed by atoms with Crippen LogP contribution in [0.2, 0.25) is 0 Å². The number of amides is 1. The highest BCUT2D eigenvalue weighted by Crippen LogP contribution is 2.18. The summed E-state index contributed by atoms with van der Waals surface area (Å²) in [6.45, 7) is 3.88. The van der Waals surface area contributed by atoms with Crippen molar-refractivity contribution in [1.29, 1.82) is 0 Å². The first-order valence-corrected chi connectivity index (χ1v) is 6.04. The van der Waals surface area contributed by atoms with Crippen molar-refractivity contribution < 1.29 is 4.79 Å². The topological polar surface area (TPSA) is 32.3 Å². The average molecular weight is 200 g/mol. The second kappa shape index (κ2) is 4.33. The summed E-state index contributed by atoms with van der Waals surface area (Å²) in [7, 11) is 0. The number of rotatable bonds is 1. The molecule has 1 atom stereocenters. The molecule has 0 spiro atoms. The van der Waals surface area contributed by atoms with Gasteiger partial charge in [-0.15, -0.1) is 11.8 Å². The number of thioether (sulfide) groups is 1. The Bertz CT molecular complexity index is 186. The van der Waals surface area contributed by atoms with Crippen LogP contribution in [0.4, 0.5) is 0 Å². The monoisotopic (exact) mass is 200 g/mol. The normalized spacial score (nSPS) is 29.2. The molecule has 2 fully saturated rings. The smallest absolute Gasteiger partial charge is 0.236 e. The van der Waals surface area contributed by atoms with Crippen molar-refractivity contribution in [2.45, 2.75) is 18.1 Å². The number of likely N-dealkylation sites (tertiary alicyclic amines) is 1. The Kier molecular flexibility index (Phi) is 3.11. The molecule has 1 amide bonds. The molecule has 4 heteroatoms. The van der Waals surface area contributed by atoms with Gasteiger partial charge in [-0.2, -0.15) is 0 Å². The van der Waals surface area contributed by atoms with Crippen LogP contribution in [0.5, 0.6) is 0 Å². The summed E-state index contributed by atoms with van der Waals surface area (Å²) in [5, 5.41) is 3.46. The first kappa shape index (κ1) is 9.34. The van der Waals surface area contributed by atoms with Crippen molar-refractivity contribution in [3.8, 4) is 0 Å². The van der Waals surface area contributed by atoms with Crippen LogP contribution in [0, 0.1) is 0 Å². The summed E-state index contributed by atoms with van der Waals surface area (Å²) in [5.41, 5.74) is 0. The van der Waals surface area contributed by atoms with Crippen molar-refractivity contribution in [3.63, 3.8) is 0 Å². The third-order valence-electron chi connectivity index (χ3n) is 2.62. The Balaban J connectivity index is 1.87. The minimum Gasteiger partial charge on any atom is -0.342 e. The van der Waals surface area contributed by atoms with Crippen LogP contribution in [-0.2, 0) is 4.79 Å². The number of carbonyl (C=O) groups excluding carboxylic acids is 1. The Morgan fingerprint density at radius 1 is 1.38 bits per heavy atom. The van der Waals surface area contributed by atoms with Crippen molar-refractivity contribution in [2.24, 2.45) is 0 Å². The van der Waals surface area contributed by atoms with Gasteiger partial charge < -0.3 is 10.2 Å². The van der Waals surface area contributed by atoms with Crippen LogP contribution in [0.25, 0.3) is 0 Å². The lowest BCUT2D eigenvalue weighted by Crippen LogP contribution is -2.44. The van der Waals surface area contributed by atoms with Crippen molar-refractivity contribution >= 4 is 17.7 Å². The highest BCUT2D eigenvalue weighted by Gasteiger charge is 2.27. The van der Waals surface area contributed by atoms with E-state index in [9.17, 15) is 4.79 Å². The van der Waals surface area contributed by atoms with Crippen LogP contribution in [-0.4, -0.2) is 48.0 Å². The predicted octanol–water partition coefficient (Wildman–Crippen LogP) is 0.314. The highest BCUT2D eigenvalue weighted by atomic mass is 32.2. The minimum atomic E-state index is 0.187. The molecule has 0 bridgehead atoms. The second-order valence-electron chi connectivity index (χ2n) is 3.60. The van der Waals surface area contributed by atoms with Gasteiger partial charge in [-0.3, -0.25) is 4.79 Å². The van der Waals surface area contributed by atoms with Gasteiger partial charge in [0.15, 0.2) is 0 Å². The van der Waals surface area contributed by atoms with E-state index in [0.717, 1.165) is 31.9 Å². The van der Waals surface area contributed by atoms with Crippen molar-refractivity contribution in [3.05, 3.63) is 0 Å². The molecular formula is C9H16N2OS. The molecule has 0 aromatic heterocycles. The number of nitrogens with one attached hydrogen (secondary N) is 1. The second-order valence-corrected chi connectivity index (χ2v) is 4.91. The summed E-state index contributed by atoms with van der Waals surface area (Å²) < 4.78 is 0. The van der Waals surface area contributed by atoms with E-state index >= 15 is 0 Å². The number of carbonyl (C=O) groups is 1. The van der Waals surface area contributed by atoms with Crippen LogP contribution < -0.4 is 5.32 Å². The van der Waals surface area contributed by atoms with Gasteiger partial charge in [0.25, 0.3) is 0 Å². The van der Waals surface area contributed by atoms with E-state index in [1.165, 1.54) is 12.8 Å². The fourth-order valence-corrected chi connectivity index (χ4v) is 2.94. The molecule has 3 nitrogen and oxygen atoms in total. The lowest BCUT2D eigenvalue weighted by atomic mass is 10.3. The molecule has 2 aliphatic rings. The summed E-state index contributed by atoms with van der Waals surface area (Å²) in [4.78, 5) is 13.9. The molecule has 2 rings (SSSR count). The van der Waals surface area contributed by atoms with E-state index in [4.69, 9.17) is 0 Å². The number of nitrogens with zero attached hydrogens (tertiary/aromatic N) is 1. The number of hydrogen-bond acceptors (Lipinski definition) is 3. The zero-order valence-electron chi connectivity index (χ0n) is 7.79. The van der Waals surface area contributed by atoms with E-state index in [-0.39, 0.29) is 5.25 Å². The van der Waals surface area contributed by atoms with Crippen LogP contribution in [0.3, 0.4) is 0 Å². The maximum atomic E-state index is 11.9. The summed E-state index contributed by atoms with van der Waals surface area (Å²) in [5.74, 6) is 1.43. The average Bonchev–Trinajstić information content (AvgIpc) is 2.71. The van der Waals surface area contributed by atoms with Gasteiger partial charge in [-0.25, -0.2) is 0 Å². The molecule has 2 heterocycles. The SMILES string of the molecule is O=C(C1CNCCS1)N1CCCC1. The lowest BCUT2D eigenvalue weighted by Gasteiger charge is -2.26. The highest BCUT2D eigenvalue weighted by molar-refractivity contribution is 8.00. The maximum absolute atomic E-state index is 11.9. The molecule has 1 N–H and O–H groups in total. The van der Waals surface area contributed by atoms with E-state index < -0.39 is 0 Å². The van der Waals surface area contributed by atoms with Crippen LogP contribution in [0.1, 0.15) is 12.8 Å². The molecule has 0 aromatic carbocycles. The van der Waals surface area contributed by atoms with Gasteiger partial charge in [-0.05, 0) is 12.8 Å². The Labute approximate surface area is 83.2 Å². The van der Waals surface area contributed by atoms with Crippen LogP contribution >= 0.6 is 11.8 Å². The third kappa shape index (κ3) is 2.17. The zero-order chi connectivity index (χ0) is 9.10. The minimum absolute atomic E-state index is 0.187. The van der Waals surface area contributed by atoms with Crippen LogP contribution in [0.15, 0.2) is 0 Å². The Hall–Kier alpha value is -0.220. The molecule has 0 aliphatic carbocycles. The maximum Gasteiger partial charge on any atom is 0.236 e. The predicted molar refractivity (Wildman–Crippen MR) is 54.9 cm³/mol. The molecule has 13 heavy (non-hydrogen) atoms. The van der Waals surface area contributed by atoms with Crippen molar-refractivity contribution in [2.75, 3.05) is 31.9 Å². The quantitative estimate of drug-likeness (QED) is 0.661. The molecule has 74 valence electrons. The van der Waals surface area contributed by atoms with E-state index in [1.54, 1.807) is 11.8 Å². The molecule has 0 saturated carbocycles. The first-order valence-electron chi connectivity index (χ1n) is 4.99. The zero-order valence-corrected chi connectivity index (χ0v) is 8.61. The molecule has 0 radical (unpaired) electrons. The summed E-state index contributed by atoms with van der Waals surface area (Å²) >= 11 is 1.80. The molecule has 2 saturated heterocycles. The van der Waals surface area contributed by atoms with Gasteiger partial charge in [0.1, 0.15) is 0 Å². The van der Waals surface area contributed by atoms with E-state index in [0.29, 0.717) is 5.91 Å². The van der Waals surface area contributed by atoms with Crippen molar-refractivity contribution in [1.82, 2.24) is 10.2 Å². The fraction of sp³-hybridized carbons (Fsp3) is 0.889. The molecule has 2 aliphatic heterocycles. The molecule has 0 aromatic rings. The fourth-order valence-electron chi connectivity index (χ4n) is 1.87. The largest absolute Gasteiger partial charge is 0.342 e. The Morgan fingerprint density at radius 2 is 2.15 bits per heavy atom. The van der Waals surface area contributed by atoms with Gasteiger partial charge in [-0.1, -0.05) is 0 Å². The standard InChI is InChI=1S/C9H16N2OS/c12-9(11-4-1-2-5-11)8-7-10-3-6-13-8/h8,10H,1-7H2. The van der Waals surface area contributed by atoms with E-state index in [2.05, 4.69) is 5.32 Å².